The third-order valence-electron chi connectivity index (χ3n) is 9.00. The molecule has 3 aliphatic rings. The van der Waals surface area contributed by atoms with E-state index in [2.05, 4.69) is 20.0 Å². The van der Waals surface area contributed by atoms with Gasteiger partial charge in [-0.3, -0.25) is 9.48 Å². The topological polar surface area (TPSA) is 76.4 Å². The number of alkyl halides is 3. The maximum absolute atomic E-state index is 14.9. The van der Waals surface area contributed by atoms with Crippen molar-refractivity contribution in [3.05, 3.63) is 63.9 Å². The Hall–Kier alpha value is -3.41. The molecule has 230 valence electrons. The van der Waals surface area contributed by atoms with Crippen LogP contribution in [-0.4, -0.2) is 56.8 Å². The predicted molar refractivity (Wildman–Crippen MR) is 151 cm³/mol. The molecule has 2 aromatic heterocycles. The summed E-state index contributed by atoms with van der Waals surface area (Å²) in [5.74, 6) is 2.24. The van der Waals surface area contributed by atoms with Crippen LogP contribution in [0.25, 0.3) is 0 Å². The largest absolute Gasteiger partial charge is 0.493 e. The molecule has 2 atom stereocenters. The first-order valence-corrected chi connectivity index (χ1v) is 15.0. The second-order valence-electron chi connectivity index (χ2n) is 11.7. The molecule has 1 amide bonds. The molecule has 6 rings (SSSR count). The highest BCUT2D eigenvalue weighted by Crippen LogP contribution is 2.50. The molecule has 1 aliphatic carbocycles. The van der Waals surface area contributed by atoms with Crippen LogP contribution in [0.1, 0.15) is 48.2 Å². The van der Waals surface area contributed by atoms with E-state index in [4.69, 9.17) is 16.3 Å². The molecule has 1 saturated heterocycles. The van der Waals surface area contributed by atoms with Crippen molar-refractivity contribution in [2.45, 2.75) is 51.2 Å². The van der Waals surface area contributed by atoms with Crippen LogP contribution >= 0.6 is 11.6 Å². The van der Waals surface area contributed by atoms with E-state index in [0.717, 1.165) is 38.3 Å². The minimum absolute atomic E-state index is 0.00853. The van der Waals surface area contributed by atoms with Crippen LogP contribution in [0.2, 0.25) is 5.02 Å². The van der Waals surface area contributed by atoms with Gasteiger partial charge < -0.3 is 14.5 Å². The summed E-state index contributed by atoms with van der Waals surface area (Å²) < 4.78 is 61.7. The van der Waals surface area contributed by atoms with E-state index in [1.54, 1.807) is 24.5 Å². The van der Waals surface area contributed by atoms with Gasteiger partial charge in [0.2, 0.25) is 11.9 Å². The lowest BCUT2D eigenvalue weighted by Gasteiger charge is -2.32. The number of aryl methyl sites for hydroxylation is 1. The standard InChI is InChI=1S/C30H33ClF4N6O2/c1-39-26-17-41(10-6-23(26)28(38-39)30(33,34)35)27(42)13-20-2-3-22(14-25(20)32)43-11-7-19-12-24(19)18-4-8-40(9-5-18)29-36-15-21(31)16-37-29/h2-3,14-16,18-19,24H,4-13,17H2,1H3/t19-,24-/m1/s1. The number of fused-ring (bicyclic) bond motifs is 1. The van der Waals surface area contributed by atoms with Crippen molar-refractivity contribution >= 4 is 23.5 Å². The van der Waals surface area contributed by atoms with Gasteiger partial charge in [0.15, 0.2) is 5.69 Å². The zero-order valence-electron chi connectivity index (χ0n) is 23.8. The number of amides is 1. The fraction of sp³-hybridized carbons (Fsp3) is 0.533. The molecule has 0 unspecified atom stereocenters. The van der Waals surface area contributed by atoms with Crippen molar-refractivity contribution in [3.63, 3.8) is 0 Å². The number of carbonyl (C=O) groups is 1. The summed E-state index contributed by atoms with van der Waals surface area (Å²) in [6.07, 6.45) is 2.89. The van der Waals surface area contributed by atoms with Crippen molar-refractivity contribution in [1.82, 2.24) is 24.6 Å². The zero-order valence-corrected chi connectivity index (χ0v) is 24.5. The Labute approximate surface area is 252 Å². The number of hydrogen-bond donors (Lipinski definition) is 0. The SMILES string of the molecule is Cn1nc(C(F)(F)F)c2c1CN(C(=O)Cc1ccc(OCC[C@@H]3C[C@@H]3C3CCN(c4ncc(Cl)cn4)CC3)cc1F)CC2. The summed E-state index contributed by atoms with van der Waals surface area (Å²) in [7, 11) is 1.44. The summed E-state index contributed by atoms with van der Waals surface area (Å²) in [4.78, 5) is 25.2. The number of anilines is 1. The number of hydrogen-bond acceptors (Lipinski definition) is 6. The Morgan fingerprint density at radius 1 is 1.14 bits per heavy atom. The first kappa shape index (κ1) is 29.7. The lowest BCUT2D eigenvalue weighted by Crippen LogP contribution is -2.37. The van der Waals surface area contributed by atoms with Gasteiger partial charge in [0, 0.05) is 38.3 Å². The fourth-order valence-corrected chi connectivity index (χ4v) is 6.65. The highest BCUT2D eigenvalue weighted by molar-refractivity contribution is 6.30. The Morgan fingerprint density at radius 2 is 1.88 bits per heavy atom. The van der Waals surface area contributed by atoms with Crippen LogP contribution in [0.3, 0.4) is 0 Å². The molecule has 4 heterocycles. The van der Waals surface area contributed by atoms with Gasteiger partial charge in [-0.15, -0.1) is 0 Å². The van der Waals surface area contributed by atoms with Crippen molar-refractivity contribution < 1.29 is 27.1 Å². The Morgan fingerprint density at radius 3 is 2.58 bits per heavy atom. The van der Waals surface area contributed by atoms with E-state index in [-0.39, 0.29) is 43.0 Å². The molecule has 13 heteroatoms. The molecule has 43 heavy (non-hydrogen) atoms. The number of ether oxygens (including phenoxy) is 1. The monoisotopic (exact) mass is 620 g/mol. The van der Waals surface area contributed by atoms with Crippen LogP contribution in [0.4, 0.5) is 23.5 Å². The average Bonchev–Trinajstić information content (AvgIpc) is 3.68. The molecular formula is C30H33ClF4N6O2. The number of piperidine rings is 1. The minimum atomic E-state index is -4.54. The summed E-state index contributed by atoms with van der Waals surface area (Å²) >= 11 is 5.89. The van der Waals surface area contributed by atoms with Gasteiger partial charge in [-0.2, -0.15) is 18.3 Å². The van der Waals surface area contributed by atoms with Crippen molar-refractivity contribution in [2.24, 2.45) is 24.8 Å². The first-order valence-electron chi connectivity index (χ1n) is 14.6. The minimum Gasteiger partial charge on any atom is -0.493 e. The normalized spacial score (nSPS) is 20.7. The number of carbonyl (C=O) groups excluding carboxylic acids is 1. The van der Waals surface area contributed by atoms with Crippen LogP contribution in [-0.2, 0) is 37.4 Å². The van der Waals surface area contributed by atoms with Crippen molar-refractivity contribution in [1.29, 1.82) is 0 Å². The van der Waals surface area contributed by atoms with Gasteiger partial charge in [0.1, 0.15) is 11.6 Å². The number of aromatic nitrogens is 4. The van der Waals surface area contributed by atoms with E-state index < -0.39 is 17.7 Å². The van der Waals surface area contributed by atoms with Crippen molar-refractivity contribution in [2.75, 3.05) is 31.1 Å². The molecule has 3 aromatic rings. The zero-order chi connectivity index (χ0) is 30.3. The molecule has 0 radical (unpaired) electrons. The molecule has 1 saturated carbocycles. The lowest BCUT2D eigenvalue weighted by molar-refractivity contribution is -0.142. The number of nitrogens with zero attached hydrogens (tertiary/aromatic N) is 6. The summed E-state index contributed by atoms with van der Waals surface area (Å²) in [6, 6.07) is 4.50. The molecule has 2 aliphatic heterocycles. The Balaban J connectivity index is 0.941. The maximum Gasteiger partial charge on any atom is 0.435 e. The van der Waals surface area contributed by atoms with Crippen molar-refractivity contribution in [3.8, 4) is 5.75 Å². The van der Waals surface area contributed by atoms with Gasteiger partial charge >= 0.3 is 6.18 Å². The third kappa shape index (κ3) is 6.58. The van der Waals surface area contributed by atoms with E-state index in [1.807, 2.05) is 0 Å². The lowest BCUT2D eigenvalue weighted by atomic mass is 9.90. The molecule has 1 aromatic carbocycles. The highest BCUT2D eigenvalue weighted by atomic mass is 35.5. The number of rotatable bonds is 8. The fourth-order valence-electron chi connectivity index (χ4n) is 6.55. The molecule has 2 fully saturated rings. The third-order valence-corrected chi connectivity index (χ3v) is 9.20. The molecule has 0 spiro atoms. The van der Waals surface area contributed by atoms with Gasteiger partial charge in [0.25, 0.3) is 0 Å². The summed E-state index contributed by atoms with van der Waals surface area (Å²) in [6.45, 7) is 2.50. The van der Waals surface area contributed by atoms with E-state index in [0.29, 0.717) is 40.8 Å². The Bertz CT molecular complexity index is 1470. The van der Waals surface area contributed by atoms with Crippen LogP contribution in [0.5, 0.6) is 5.75 Å². The van der Waals surface area contributed by atoms with Gasteiger partial charge in [-0.1, -0.05) is 17.7 Å². The second-order valence-corrected chi connectivity index (χ2v) is 12.1. The van der Waals surface area contributed by atoms with E-state index >= 15 is 0 Å². The van der Waals surface area contributed by atoms with Crippen LogP contribution in [0.15, 0.2) is 30.6 Å². The molecule has 0 N–H and O–H groups in total. The van der Waals surface area contributed by atoms with E-state index in [1.165, 1.54) is 29.1 Å². The summed E-state index contributed by atoms with van der Waals surface area (Å²) in [5.41, 5.74) is -0.199. The summed E-state index contributed by atoms with van der Waals surface area (Å²) in [5, 5.41) is 4.15. The maximum atomic E-state index is 14.9. The number of halogens is 5. The number of benzene rings is 1. The highest BCUT2D eigenvalue weighted by Gasteiger charge is 2.43. The smallest absolute Gasteiger partial charge is 0.435 e. The van der Waals surface area contributed by atoms with Gasteiger partial charge in [-0.05, 0) is 61.5 Å². The van der Waals surface area contributed by atoms with E-state index in [9.17, 15) is 22.4 Å². The Kier molecular flexibility index (Phi) is 8.23. The average molecular weight is 621 g/mol. The van der Waals surface area contributed by atoms with Gasteiger partial charge in [-0.25, -0.2) is 14.4 Å². The molecular weight excluding hydrogens is 588 g/mol. The predicted octanol–water partition coefficient (Wildman–Crippen LogP) is 5.47. The van der Waals surface area contributed by atoms with Crippen LogP contribution < -0.4 is 9.64 Å². The second kappa shape index (κ2) is 11.9. The van der Waals surface area contributed by atoms with Crippen LogP contribution in [0, 0.1) is 23.6 Å². The molecule has 8 nitrogen and oxygen atoms in total. The van der Waals surface area contributed by atoms with Gasteiger partial charge in [0.05, 0.1) is 42.7 Å². The molecule has 0 bridgehead atoms. The first-order chi connectivity index (χ1) is 20.6. The quantitative estimate of drug-likeness (QED) is 0.311.